The van der Waals surface area contributed by atoms with E-state index >= 15 is 0 Å². The van der Waals surface area contributed by atoms with Crippen LogP contribution >= 0.6 is 0 Å². The minimum absolute atomic E-state index is 0.0199. The molecule has 0 bridgehead atoms. The Hall–Kier alpha value is -2.49. The van der Waals surface area contributed by atoms with Gasteiger partial charge in [-0.3, -0.25) is 9.59 Å². The van der Waals surface area contributed by atoms with Gasteiger partial charge in [0, 0.05) is 31.0 Å². The molecule has 1 fully saturated rings. The molecule has 1 aromatic carbocycles. The van der Waals surface area contributed by atoms with Gasteiger partial charge in [0.1, 0.15) is 6.54 Å². The third-order valence-electron chi connectivity index (χ3n) is 4.55. The predicted molar refractivity (Wildman–Crippen MR) is 105 cm³/mol. The molecule has 8 nitrogen and oxygen atoms in total. The highest BCUT2D eigenvalue weighted by Gasteiger charge is 2.27. The highest BCUT2D eigenvalue weighted by atomic mass is 32.2. The third-order valence-corrected chi connectivity index (χ3v) is 6.43. The van der Waals surface area contributed by atoms with Crippen LogP contribution in [0.5, 0.6) is 0 Å². The zero-order valence-corrected chi connectivity index (χ0v) is 16.7. The number of rotatable bonds is 5. The van der Waals surface area contributed by atoms with Crippen LogP contribution in [0.2, 0.25) is 0 Å². The number of ether oxygens (including phenoxy) is 1. The molecule has 1 amide bonds. The second kappa shape index (κ2) is 8.26. The summed E-state index contributed by atoms with van der Waals surface area (Å²) in [6.07, 6.45) is 1.22. The van der Waals surface area contributed by atoms with Gasteiger partial charge in [-0.2, -0.15) is 4.31 Å². The second-order valence-electron chi connectivity index (χ2n) is 6.71. The van der Waals surface area contributed by atoms with Crippen molar-refractivity contribution in [2.24, 2.45) is 0 Å². The van der Waals surface area contributed by atoms with E-state index in [0.29, 0.717) is 18.9 Å². The zero-order valence-electron chi connectivity index (χ0n) is 15.8. The van der Waals surface area contributed by atoms with Crippen LogP contribution in [0.25, 0.3) is 0 Å². The predicted octanol–water partition coefficient (Wildman–Crippen LogP) is 1.12. The average Bonchev–Trinajstić information content (AvgIpc) is 2.67. The highest BCUT2D eigenvalue weighted by molar-refractivity contribution is 7.89. The largest absolute Gasteiger partial charge is 0.379 e. The van der Waals surface area contributed by atoms with Crippen LogP contribution < -0.4 is 10.9 Å². The summed E-state index contributed by atoms with van der Waals surface area (Å²) < 4.78 is 33.1. The summed E-state index contributed by atoms with van der Waals surface area (Å²) in [5, 5.41) is 2.77. The lowest BCUT2D eigenvalue weighted by atomic mass is 10.1. The Morgan fingerprint density at radius 2 is 1.86 bits per heavy atom. The summed E-state index contributed by atoms with van der Waals surface area (Å²) in [4.78, 5) is 24.5. The number of nitrogens with zero attached hydrogens (tertiary/aromatic N) is 2. The molecule has 3 rings (SSSR count). The number of hydrogen-bond acceptors (Lipinski definition) is 5. The molecule has 0 radical (unpaired) electrons. The first-order chi connectivity index (χ1) is 13.3. The molecule has 0 saturated carbocycles. The Bertz CT molecular complexity index is 1040. The first-order valence-electron chi connectivity index (χ1n) is 8.93. The Kier molecular flexibility index (Phi) is 5.97. The number of amides is 1. The molecule has 1 N–H and O–H groups in total. The minimum atomic E-state index is -3.75. The van der Waals surface area contributed by atoms with Crippen LogP contribution in [0.1, 0.15) is 11.1 Å². The molecular weight excluding hydrogens is 382 g/mol. The first kappa shape index (κ1) is 20.2. The van der Waals surface area contributed by atoms with Crippen molar-refractivity contribution in [2.45, 2.75) is 25.3 Å². The van der Waals surface area contributed by atoms with E-state index in [4.69, 9.17) is 4.74 Å². The standard InChI is InChI=1S/C19H23N3O5S/c1-14-3-4-15(2)17(11-14)20-18(23)13-21-12-16(5-6-19(21)24)28(25,26)22-7-9-27-10-8-22/h3-6,11-12H,7-10,13H2,1-2H3,(H,20,23). The Labute approximate surface area is 163 Å². The van der Waals surface area contributed by atoms with Gasteiger partial charge in [-0.05, 0) is 37.1 Å². The molecule has 2 heterocycles. The number of aryl methyl sites for hydroxylation is 2. The van der Waals surface area contributed by atoms with E-state index in [1.165, 1.54) is 22.6 Å². The fourth-order valence-corrected chi connectivity index (χ4v) is 4.36. The second-order valence-corrected chi connectivity index (χ2v) is 8.65. The Morgan fingerprint density at radius 1 is 1.14 bits per heavy atom. The fourth-order valence-electron chi connectivity index (χ4n) is 2.94. The van der Waals surface area contributed by atoms with E-state index in [-0.39, 0.29) is 24.5 Å². The molecule has 1 saturated heterocycles. The third kappa shape index (κ3) is 4.49. The monoisotopic (exact) mass is 405 g/mol. The molecule has 1 aromatic heterocycles. The van der Waals surface area contributed by atoms with E-state index in [1.807, 2.05) is 32.0 Å². The Balaban J connectivity index is 1.80. The molecule has 28 heavy (non-hydrogen) atoms. The van der Waals surface area contributed by atoms with Gasteiger partial charge in [-0.25, -0.2) is 8.42 Å². The molecule has 0 atom stereocenters. The zero-order chi connectivity index (χ0) is 20.3. The van der Waals surface area contributed by atoms with Crippen molar-refractivity contribution >= 4 is 21.6 Å². The number of carbonyl (C=O) groups is 1. The molecule has 150 valence electrons. The van der Waals surface area contributed by atoms with Crippen molar-refractivity contribution in [2.75, 3.05) is 31.6 Å². The van der Waals surface area contributed by atoms with E-state index in [0.717, 1.165) is 15.7 Å². The van der Waals surface area contributed by atoms with Gasteiger partial charge in [-0.1, -0.05) is 12.1 Å². The van der Waals surface area contributed by atoms with Crippen molar-refractivity contribution in [1.29, 1.82) is 0 Å². The van der Waals surface area contributed by atoms with Gasteiger partial charge in [0.15, 0.2) is 0 Å². The number of pyridine rings is 1. The maximum atomic E-state index is 12.8. The van der Waals surface area contributed by atoms with Crippen LogP contribution in [-0.4, -0.2) is 49.5 Å². The summed E-state index contributed by atoms with van der Waals surface area (Å²) in [5.41, 5.74) is 2.11. The maximum absolute atomic E-state index is 12.8. The number of anilines is 1. The minimum Gasteiger partial charge on any atom is -0.379 e. The van der Waals surface area contributed by atoms with Crippen LogP contribution in [0.15, 0.2) is 46.2 Å². The van der Waals surface area contributed by atoms with Crippen LogP contribution in [0.3, 0.4) is 0 Å². The summed E-state index contributed by atoms with van der Waals surface area (Å²) in [6, 6.07) is 8.11. The van der Waals surface area contributed by atoms with Gasteiger partial charge in [0.2, 0.25) is 15.9 Å². The van der Waals surface area contributed by atoms with Crippen molar-refractivity contribution < 1.29 is 17.9 Å². The highest BCUT2D eigenvalue weighted by Crippen LogP contribution is 2.17. The lowest BCUT2D eigenvalue weighted by Crippen LogP contribution is -2.41. The van der Waals surface area contributed by atoms with Gasteiger partial charge in [0.25, 0.3) is 5.56 Å². The molecule has 0 aliphatic carbocycles. The van der Waals surface area contributed by atoms with Crippen molar-refractivity contribution in [3.05, 3.63) is 58.0 Å². The molecular formula is C19H23N3O5S. The fraction of sp³-hybridized carbons (Fsp3) is 0.368. The summed E-state index contributed by atoms with van der Waals surface area (Å²) >= 11 is 0. The number of sulfonamides is 1. The molecule has 1 aliphatic rings. The number of aromatic nitrogens is 1. The lowest BCUT2D eigenvalue weighted by molar-refractivity contribution is -0.116. The normalized spacial score (nSPS) is 15.4. The lowest BCUT2D eigenvalue weighted by Gasteiger charge is -2.26. The van der Waals surface area contributed by atoms with Crippen molar-refractivity contribution in [3.63, 3.8) is 0 Å². The number of benzene rings is 1. The van der Waals surface area contributed by atoms with Gasteiger partial charge in [-0.15, -0.1) is 0 Å². The van der Waals surface area contributed by atoms with E-state index < -0.39 is 21.5 Å². The van der Waals surface area contributed by atoms with Crippen molar-refractivity contribution in [3.8, 4) is 0 Å². The summed E-state index contributed by atoms with van der Waals surface area (Å²) in [7, 11) is -3.75. The number of morpholine rings is 1. The smallest absolute Gasteiger partial charge is 0.251 e. The van der Waals surface area contributed by atoms with Crippen LogP contribution in [0, 0.1) is 13.8 Å². The first-order valence-corrected chi connectivity index (χ1v) is 10.4. The van der Waals surface area contributed by atoms with Crippen LogP contribution in [-0.2, 0) is 26.1 Å². The van der Waals surface area contributed by atoms with Gasteiger partial charge < -0.3 is 14.6 Å². The van der Waals surface area contributed by atoms with E-state index in [1.54, 1.807) is 0 Å². The number of carbonyl (C=O) groups excluding carboxylic acids is 1. The average molecular weight is 405 g/mol. The van der Waals surface area contributed by atoms with E-state index in [2.05, 4.69) is 5.32 Å². The van der Waals surface area contributed by atoms with E-state index in [9.17, 15) is 18.0 Å². The molecule has 2 aromatic rings. The summed E-state index contributed by atoms with van der Waals surface area (Å²) in [6.45, 7) is 4.69. The molecule has 0 unspecified atom stereocenters. The van der Waals surface area contributed by atoms with Gasteiger partial charge >= 0.3 is 0 Å². The molecule has 9 heteroatoms. The van der Waals surface area contributed by atoms with Gasteiger partial charge in [0.05, 0.1) is 18.1 Å². The number of hydrogen-bond donors (Lipinski definition) is 1. The topological polar surface area (TPSA) is 97.7 Å². The SMILES string of the molecule is Cc1ccc(C)c(NC(=O)Cn2cc(S(=O)(=O)N3CCOCC3)ccc2=O)c1. The molecule has 1 aliphatic heterocycles. The molecule has 0 spiro atoms. The van der Waals surface area contributed by atoms with Crippen LogP contribution in [0.4, 0.5) is 5.69 Å². The quantitative estimate of drug-likeness (QED) is 0.804. The summed E-state index contributed by atoms with van der Waals surface area (Å²) in [5.74, 6) is -0.406. The maximum Gasteiger partial charge on any atom is 0.251 e. The number of nitrogens with one attached hydrogen (secondary N) is 1. The Morgan fingerprint density at radius 3 is 2.57 bits per heavy atom. The van der Waals surface area contributed by atoms with Crippen molar-refractivity contribution in [1.82, 2.24) is 8.87 Å².